The van der Waals surface area contributed by atoms with Gasteiger partial charge in [0.05, 0.1) is 18.6 Å². The third kappa shape index (κ3) is 4.84. The summed E-state index contributed by atoms with van der Waals surface area (Å²) in [6.07, 6.45) is 1.85. The largest absolute Gasteiger partial charge is 0.495 e. The molecular weight excluding hydrogens is 414 g/mol. The summed E-state index contributed by atoms with van der Waals surface area (Å²) in [7, 11) is 1.55. The molecule has 2 N–H and O–H groups in total. The van der Waals surface area contributed by atoms with Crippen molar-refractivity contribution in [1.29, 1.82) is 0 Å². The summed E-state index contributed by atoms with van der Waals surface area (Å²) in [5.41, 5.74) is 2.39. The summed E-state index contributed by atoms with van der Waals surface area (Å²) in [5, 5.41) is 14.4. The van der Waals surface area contributed by atoms with Gasteiger partial charge in [-0.2, -0.15) is 0 Å². The molecule has 4 aromatic rings. The number of carbonyl (C=O) groups excluding carboxylic acids is 2. The van der Waals surface area contributed by atoms with E-state index in [1.165, 1.54) is 11.8 Å². The zero-order valence-corrected chi connectivity index (χ0v) is 17.4. The maximum Gasteiger partial charge on any atom is 0.255 e. The van der Waals surface area contributed by atoms with Crippen LogP contribution in [0.5, 0.6) is 5.75 Å². The molecule has 4 rings (SSSR count). The highest BCUT2D eigenvalue weighted by molar-refractivity contribution is 7.99. The smallest absolute Gasteiger partial charge is 0.255 e. The van der Waals surface area contributed by atoms with E-state index in [1.807, 2.05) is 40.9 Å². The van der Waals surface area contributed by atoms with Gasteiger partial charge in [0.15, 0.2) is 10.8 Å². The van der Waals surface area contributed by atoms with Crippen LogP contribution in [0, 0.1) is 0 Å². The number of carbonyl (C=O) groups is 2. The lowest BCUT2D eigenvalue weighted by Gasteiger charge is -2.10. The van der Waals surface area contributed by atoms with Gasteiger partial charge in [0.2, 0.25) is 5.91 Å². The first-order valence-corrected chi connectivity index (χ1v) is 10.4. The molecule has 2 aromatic heterocycles. The Bertz CT molecular complexity index is 1220. The highest BCUT2D eigenvalue weighted by atomic mass is 32.2. The Morgan fingerprint density at radius 3 is 2.55 bits per heavy atom. The first-order valence-electron chi connectivity index (χ1n) is 9.41. The minimum absolute atomic E-state index is 0.177. The number of aromatic nitrogens is 3. The van der Waals surface area contributed by atoms with Crippen molar-refractivity contribution in [2.24, 2.45) is 0 Å². The first kappa shape index (κ1) is 20.4. The molecule has 9 heteroatoms. The fraction of sp³-hybridized carbons (Fsp3) is 0.0909. The van der Waals surface area contributed by atoms with Crippen LogP contribution < -0.4 is 15.4 Å². The van der Waals surface area contributed by atoms with E-state index in [0.29, 0.717) is 27.8 Å². The minimum atomic E-state index is -0.267. The summed E-state index contributed by atoms with van der Waals surface area (Å²) in [6.45, 7) is 0. The van der Waals surface area contributed by atoms with Crippen molar-refractivity contribution >= 4 is 40.6 Å². The molecule has 0 unspecified atom stereocenters. The number of amides is 2. The van der Waals surface area contributed by atoms with Gasteiger partial charge in [0.25, 0.3) is 5.91 Å². The molecule has 2 aromatic carbocycles. The second-order valence-electron chi connectivity index (χ2n) is 6.48. The lowest BCUT2D eigenvalue weighted by molar-refractivity contribution is -0.113. The Labute approximate surface area is 182 Å². The predicted molar refractivity (Wildman–Crippen MR) is 120 cm³/mol. The fourth-order valence-electron chi connectivity index (χ4n) is 2.89. The van der Waals surface area contributed by atoms with Crippen molar-refractivity contribution in [3.8, 4) is 5.75 Å². The number of para-hydroxylation sites is 2. The Balaban J connectivity index is 1.33. The number of hydrogen-bond acceptors (Lipinski definition) is 6. The van der Waals surface area contributed by atoms with Gasteiger partial charge in [-0.1, -0.05) is 30.0 Å². The maximum absolute atomic E-state index is 12.5. The maximum atomic E-state index is 12.5. The van der Waals surface area contributed by atoms with Crippen LogP contribution in [0.25, 0.3) is 5.65 Å². The number of thioether (sulfide) groups is 1. The zero-order valence-electron chi connectivity index (χ0n) is 16.6. The molecule has 156 valence electrons. The monoisotopic (exact) mass is 433 g/mol. The number of ether oxygens (including phenoxy) is 1. The molecular formula is C22H19N5O3S. The van der Waals surface area contributed by atoms with Gasteiger partial charge in [0, 0.05) is 17.4 Å². The number of benzene rings is 2. The van der Waals surface area contributed by atoms with Gasteiger partial charge < -0.3 is 15.4 Å². The Morgan fingerprint density at radius 1 is 0.968 bits per heavy atom. The summed E-state index contributed by atoms with van der Waals surface area (Å²) < 4.78 is 7.07. The second-order valence-corrected chi connectivity index (χ2v) is 7.42. The summed E-state index contributed by atoms with van der Waals surface area (Å²) >= 11 is 1.30. The van der Waals surface area contributed by atoms with Crippen molar-refractivity contribution in [3.05, 3.63) is 78.5 Å². The van der Waals surface area contributed by atoms with Crippen LogP contribution in [0.4, 0.5) is 11.4 Å². The third-order valence-electron chi connectivity index (χ3n) is 4.40. The molecule has 0 aliphatic carbocycles. The van der Waals surface area contributed by atoms with Crippen molar-refractivity contribution in [1.82, 2.24) is 14.6 Å². The predicted octanol–water partition coefficient (Wildman–Crippen LogP) is 3.72. The molecule has 0 spiro atoms. The number of nitrogens with one attached hydrogen (secondary N) is 2. The fourth-order valence-corrected chi connectivity index (χ4v) is 3.62. The van der Waals surface area contributed by atoms with Gasteiger partial charge in [-0.3, -0.25) is 14.0 Å². The van der Waals surface area contributed by atoms with Crippen molar-refractivity contribution in [3.63, 3.8) is 0 Å². The summed E-state index contributed by atoms with van der Waals surface area (Å²) in [4.78, 5) is 24.8. The van der Waals surface area contributed by atoms with Crippen LogP contribution in [-0.2, 0) is 4.79 Å². The summed E-state index contributed by atoms with van der Waals surface area (Å²) in [6, 6.07) is 19.5. The number of anilines is 2. The third-order valence-corrected chi connectivity index (χ3v) is 5.34. The first-order chi connectivity index (χ1) is 15.1. The van der Waals surface area contributed by atoms with Crippen LogP contribution >= 0.6 is 11.8 Å². The standard InChI is InChI=1S/C22H19N5O3S/c1-30-18-7-3-2-6-17(18)24-21(29)15-9-11-16(12-10-15)23-20(28)14-31-22-26-25-19-8-4-5-13-27(19)22/h2-13H,14H2,1H3,(H,23,28)(H,24,29). The Kier molecular flexibility index (Phi) is 6.13. The van der Waals surface area contributed by atoms with E-state index in [4.69, 9.17) is 4.74 Å². The minimum Gasteiger partial charge on any atom is -0.495 e. The lowest BCUT2D eigenvalue weighted by atomic mass is 10.2. The van der Waals surface area contributed by atoms with E-state index >= 15 is 0 Å². The Hall–Kier alpha value is -3.85. The summed E-state index contributed by atoms with van der Waals surface area (Å²) in [5.74, 6) is 0.323. The second kappa shape index (κ2) is 9.31. The van der Waals surface area contributed by atoms with Crippen molar-refractivity contribution < 1.29 is 14.3 Å². The molecule has 0 saturated heterocycles. The van der Waals surface area contributed by atoms with Gasteiger partial charge in [0.1, 0.15) is 5.75 Å². The van der Waals surface area contributed by atoms with Crippen molar-refractivity contribution in [2.45, 2.75) is 5.16 Å². The average molecular weight is 433 g/mol. The molecule has 31 heavy (non-hydrogen) atoms. The van der Waals surface area contributed by atoms with E-state index < -0.39 is 0 Å². The zero-order chi connectivity index (χ0) is 21.6. The molecule has 2 amide bonds. The van der Waals surface area contributed by atoms with Gasteiger partial charge in [-0.05, 0) is 48.5 Å². The SMILES string of the molecule is COc1ccccc1NC(=O)c1ccc(NC(=O)CSc2nnc3ccccn23)cc1. The van der Waals surface area contributed by atoms with E-state index in [-0.39, 0.29) is 17.6 Å². The van der Waals surface area contributed by atoms with Crippen LogP contribution in [0.1, 0.15) is 10.4 Å². The molecule has 0 saturated carbocycles. The highest BCUT2D eigenvalue weighted by Gasteiger charge is 2.11. The normalized spacial score (nSPS) is 10.6. The molecule has 0 aliphatic heterocycles. The van der Waals surface area contributed by atoms with Gasteiger partial charge in [-0.25, -0.2) is 0 Å². The number of methoxy groups -OCH3 is 1. The number of pyridine rings is 1. The van der Waals surface area contributed by atoms with Gasteiger partial charge >= 0.3 is 0 Å². The number of hydrogen-bond donors (Lipinski definition) is 2. The van der Waals surface area contributed by atoms with E-state index in [0.717, 1.165) is 5.65 Å². The lowest BCUT2D eigenvalue weighted by Crippen LogP contribution is -2.15. The molecule has 2 heterocycles. The molecule has 0 radical (unpaired) electrons. The number of fused-ring (bicyclic) bond motifs is 1. The van der Waals surface area contributed by atoms with Gasteiger partial charge in [-0.15, -0.1) is 10.2 Å². The highest BCUT2D eigenvalue weighted by Crippen LogP contribution is 2.24. The molecule has 0 bridgehead atoms. The Morgan fingerprint density at radius 2 is 1.74 bits per heavy atom. The molecule has 0 aliphatic rings. The van der Waals surface area contributed by atoms with E-state index in [2.05, 4.69) is 20.8 Å². The number of nitrogens with zero attached hydrogens (tertiary/aromatic N) is 3. The van der Waals surface area contributed by atoms with E-state index in [1.54, 1.807) is 43.5 Å². The van der Waals surface area contributed by atoms with Crippen LogP contribution in [0.3, 0.4) is 0 Å². The quantitative estimate of drug-likeness (QED) is 0.431. The van der Waals surface area contributed by atoms with Crippen LogP contribution in [-0.4, -0.2) is 39.3 Å². The number of rotatable bonds is 7. The van der Waals surface area contributed by atoms with Crippen molar-refractivity contribution in [2.75, 3.05) is 23.5 Å². The topological polar surface area (TPSA) is 97.6 Å². The molecule has 0 fully saturated rings. The van der Waals surface area contributed by atoms with E-state index in [9.17, 15) is 9.59 Å². The van der Waals surface area contributed by atoms with Crippen LogP contribution in [0.2, 0.25) is 0 Å². The molecule has 8 nitrogen and oxygen atoms in total. The average Bonchev–Trinajstić information content (AvgIpc) is 3.21. The van der Waals surface area contributed by atoms with Crippen LogP contribution in [0.15, 0.2) is 78.1 Å². The molecule has 0 atom stereocenters.